The largest absolute Gasteiger partial charge is 0.501 e. The van der Waals surface area contributed by atoms with Gasteiger partial charge >= 0.3 is 5.97 Å². The van der Waals surface area contributed by atoms with Crippen LogP contribution < -0.4 is 0 Å². The van der Waals surface area contributed by atoms with Crippen LogP contribution in [0.25, 0.3) is 28.3 Å². The van der Waals surface area contributed by atoms with Crippen LogP contribution >= 0.6 is 0 Å². The summed E-state index contributed by atoms with van der Waals surface area (Å²) in [6.07, 6.45) is 3.14. The van der Waals surface area contributed by atoms with Gasteiger partial charge in [-0.25, -0.2) is 9.18 Å². The average molecular weight is 362 g/mol. The van der Waals surface area contributed by atoms with Crippen molar-refractivity contribution in [2.75, 3.05) is 6.61 Å². The summed E-state index contributed by atoms with van der Waals surface area (Å²) >= 11 is 0. The predicted molar refractivity (Wildman–Crippen MR) is 105 cm³/mol. The van der Waals surface area contributed by atoms with Gasteiger partial charge in [0.25, 0.3) is 0 Å². The molecule has 0 aliphatic rings. The molecule has 3 aromatic carbocycles. The first-order chi connectivity index (χ1) is 13.1. The molecular formula is C23H19FO3. The van der Waals surface area contributed by atoms with Crippen molar-refractivity contribution in [2.24, 2.45) is 0 Å². The Morgan fingerprint density at radius 1 is 1.00 bits per heavy atom. The van der Waals surface area contributed by atoms with Crippen LogP contribution in [-0.4, -0.2) is 17.7 Å². The van der Waals surface area contributed by atoms with Crippen molar-refractivity contribution in [1.29, 1.82) is 0 Å². The zero-order valence-corrected chi connectivity index (χ0v) is 14.9. The van der Waals surface area contributed by atoms with E-state index in [0.717, 1.165) is 11.1 Å². The molecular weight excluding hydrogens is 343 g/mol. The molecule has 0 atom stereocenters. The van der Waals surface area contributed by atoms with Gasteiger partial charge in [0, 0.05) is 0 Å². The molecule has 3 nitrogen and oxygen atoms in total. The molecule has 0 aliphatic carbocycles. The molecule has 0 aliphatic heterocycles. The molecule has 0 spiro atoms. The Balaban J connectivity index is 2.26. The molecule has 0 amide bonds. The number of carboxylic acid groups (broad SMARTS) is 1. The van der Waals surface area contributed by atoms with Crippen LogP contribution in [0.4, 0.5) is 4.39 Å². The fraction of sp³-hybridized carbons (Fsp3) is 0.0870. The van der Waals surface area contributed by atoms with E-state index < -0.39 is 5.97 Å². The van der Waals surface area contributed by atoms with Gasteiger partial charge in [-0.2, -0.15) is 0 Å². The van der Waals surface area contributed by atoms with E-state index in [1.54, 1.807) is 18.2 Å². The fourth-order valence-corrected chi connectivity index (χ4v) is 2.91. The van der Waals surface area contributed by atoms with Crippen LogP contribution in [0.2, 0.25) is 0 Å². The van der Waals surface area contributed by atoms with Crippen molar-refractivity contribution in [1.82, 2.24) is 0 Å². The van der Waals surface area contributed by atoms with Gasteiger partial charge < -0.3 is 9.84 Å². The van der Waals surface area contributed by atoms with Crippen molar-refractivity contribution >= 4 is 12.0 Å². The second-order valence-electron chi connectivity index (χ2n) is 5.92. The second-order valence-corrected chi connectivity index (χ2v) is 5.92. The predicted octanol–water partition coefficient (Wildman–Crippen LogP) is 5.87. The first-order valence-electron chi connectivity index (χ1n) is 8.61. The topological polar surface area (TPSA) is 46.5 Å². The van der Waals surface area contributed by atoms with E-state index in [-0.39, 0.29) is 11.4 Å². The summed E-state index contributed by atoms with van der Waals surface area (Å²) in [6.45, 7) is 2.34. The van der Waals surface area contributed by atoms with Crippen molar-refractivity contribution in [3.8, 4) is 22.3 Å². The van der Waals surface area contributed by atoms with Crippen LogP contribution in [0.3, 0.4) is 0 Å². The number of aromatic carboxylic acids is 1. The first kappa shape index (κ1) is 18.4. The van der Waals surface area contributed by atoms with Gasteiger partial charge in [-0.3, -0.25) is 0 Å². The lowest BCUT2D eigenvalue weighted by Crippen LogP contribution is -2.04. The zero-order valence-electron chi connectivity index (χ0n) is 14.9. The third-order valence-electron chi connectivity index (χ3n) is 4.16. The number of halogens is 1. The smallest absolute Gasteiger partial charge is 0.336 e. The Labute approximate surface area is 157 Å². The highest BCUT2D eigenvalue weighted by atomic mass is 19.1. The minimum absolute atomic E-state index is 0.150. The highest BCUT2D eigenvalue weighted by molar-refractivity contribution is 6.01. The van der Waals surface area contributed by atoms with Gasteiger partial charge in [0.1, 0.15) is 5.82 Å². The lowest BCUT2D eigenvalue weighted by molar-refractivity contribution is 0.0697. The van der Waals surface area contributed by atoms with E-state index in [4.69, 9.17) is 4.74 Å². The van der Waals surface area contributed by atoms with E-state index in [1.165, 1.54) is 18.4 Å². The molecule has 0 heterocycles. The number of hydrogen-bond acceptors (Lipinski definition) is 2. The Kier molecular flexibility index (Phi) is 5.67. The normalized spacial score (nSPS) is 10.9. The maximum absolute atomic E-state index is 13.3. The molecule has 27 heavy (non-hydrogen) atoms. The van der Waals surface area contributed by atoms with Gasteiger partial charge in [-0.1, -0.05) is 42.5 Å². The quantitative estimate of drug-likeness (QED) is 0.558. The summed E-state index contributed by atoms with van der Waals surface area (Å²) < 4.78 is 18.6. The highest BCUT2D eigenvalue weighted by Gasteiger charge is 2.18. The molecule has 0 unspecified atom stereocenters. The molecule has 0 aromatic heterocycles. The molecule has 0 saturated carbocycles. The maximum atomic E-state index is 13.3. The Morgan fingerprint density at radius 2 is 1.70 bits per heavy atom. The summed E-state index contributed by atoms with van der Waals surface area (Å²) in [6, 6.07) is 19.2. The summed E-state index contributed by atoms with van der Waals surface area (Å²) in [4.78, 5) is 12.0. The standard InChI is InChI=1S/C23H19FO3/c1-2-27-13-12-18-14-19(16-6-4-3-5-7-16)15-21(22(18)23(25)26)17-8-10-20(24)11-9-17/h3-15H,2H2,1H3,(H,25,26). The number of hydrogen-bond donors (Lipinski definition) is 1. The Bertz CT molecular complexity index is 961. The summed E-state index contributed by atoms with van der Waals surface area (Å²) in [5.74, 6) is -1.42. The maximum Gasteiger partial charge on any atom is 0.336 e. The molecule has 136 valence electrons. The van der Waals surface area contributed by atoms with Gasteiger partial charge in [0.05, 0.1) is 18.4 Å². The average Bonchev–Trinajstić information content (AvgIpc) is 2.68. The monoisotopic (exact) mass is 362 g/mol. The number of benzene rings is 3. The fourth-order valence-electron chi connectivity index (χ4n) is 2.91. The molecule has 0 bridgehead atoms. The number of rotatable bonds is 6. The van der Waals surface area contributed by atoms with Gasteiger partial charge in [-0.05, 0) is 65.1 Å². The van der Waals surface area contributed by atoms with Gasteiger partial charge in [0.15, 0.2) is 0 Å². The minimum atomic E-state index is -1.05. The lowest BCUT2D eigenvalue weighted by Gasteiger charge is -2.14. The molecule has 0 saturated heterocycles. The van der Waals surface area contributed by atoms with Crippen LogP contribution in [0.1, 0.15) is 22.8 Å². The zero-order chi connectivity index (χ0) is 19.2. The Hall–Kier alpha value is -3.40. The highest BCUT2D eigenvalue weighted by Crippen LogP contribution is 2.33. The molecule has 0 radical (unpaired) electrons. The minimum Gasteiger partial charge on any atom is -0.501 e. The second kappa shape index (κ2) is 8.32. The van der Waals surface area contributed by atoms with Gasteiger partial charge in [-0.15, -0.1) is 0 Å². The van der Waals surface area contributed by atoms with E-state index in [0.29, 0.717) is 23.3 Å². The Morgan fingerprint density at radius 3 is 2.33 bits per heavy atom. The summed E-state index contributed by atoms with van der Waals surface area (Å²) in [5, 5.41) is 9.83. The third-order valence-corrected chi connectivity index (χ3v) is 4.16. The first-order valence-corrected chi connectivity index (χ1v) is 8.61. The van der Waals surface area contributed by atoms with Crippen molar-refractivity contribution in [3.63, 3.8) is 0 Å². The van der Waals surface area contributed by atoms with Crippen molar-refractivity contribution < 1.29 is 19.0 Å². The SMILES string of the molecule is CCOC=Cc1cc(-c2ccccc2)cc(-c2ccc(F)cc2)c1C(=O)O. The number of ether oxygens (including phenoxy) is 1. The van der Waals surface area contributed by atoms with Crippen molar-refractivity contribution in [3.05, 3.63) is 89.9 Å². The molecule has 3 aromatic rings. The van der Waals surface area contributed by atoms with E-state index in [2.05, 4.69) is 0 Å². The molecule has 4 heteroatoms. The molecule has 0 fully saturated rings. The number of carbonyl (C=O) groups is 1. The lowest BCUT2D eigenvalue weighted by atomic mass is 9.90. The summed E-state index contributed by atoms with van der Waals surface area (Å²) in [5.41, 5.74) is 3.67. The van der Waals surface area contributed by atoms with E-state index >= 15 is 0 Å². The van der Waals surface area contributed by atoms with Crippen LogP contribution in [-0.2, 0) is 4.74 Å². The van der Waals surface area contributed by atoms with Crippen molar-refractivity contribution in [2.45, 2.75) is 6.92 Å². The van der Waals surface area contributed by atoms with Crippen LogP contribution in [0.5, 0.6) is 0 Å². The third kappa shape index (κ3) is 4.23. The van der Waals surface area contributed by atoms with Gasteiger partial charge in [0.2, 0.25) is 0 Å². The summed E-state index contributed by atoms with van der Waals surface area (Å²) in [7, 11) is 0. The van der Waals surface area contributed by atoms with E-state index in [9.17, 15) is 14.3 Å². The van der Waals surface area contributed by atoms with E-state index in [1.807, 2.05) is 49.4 Å². The molecule has 1 N–H and O–H groups in total. The number of carboxylic acids is 1. The molecule has 3 rings (SSSR count). The van der Waals surface area contributed by atoms with Crippen LogP contribution in [0, 0.1) is 5.82 Å². The van der Waals surface area contributed by atoms with Crippen LogP contribution in [0.15, 0.2) is 73.0 Å².